The van der Waals surface area contributed by atoms with Crippen molar-refractivity contribution >= 4 is 39.9 Å². The van der Waals surface area contributed by atoms with E-state index in [0.717, 1.165) is 21.9 Å². The molecule has 0 fully saturated rings. The highest BCUT2D eigenvalue weighted by molar-refractivity contribution is 6.35. The monoisotopic (exact) mass is 431 g/mol. The predicted molar refractivity (Wildman–Crippen MR) is 118 cm³/mol. The molecule has 0 bridgehead atoms. The number of carbonyl (C=O) groups is 1. The van der Waals surface area contributed by atoms with Gasteiger partial charge < -0.3 is 9.84 Å². The Morgan fingerprint density at radius 2 is 1.86 bits per heavy atom. The van der Waals surface area contributed by atoms with Gasteiger partial charge in [0.25, 0.3) is 0 Å². The predicted octanol–water partition coefficient (Wildman–Crippen LogP) is 5.92. The molecule has 152 valence electrons. The van der Waals surface area contributed by atoms with Gasteiger partial charge in [-0.3, -0.25) is 10.1 Å². The Hall–Kier alpha value is -2.27. The van der Waals surface area contributed by atoms with E-state index in [1.165, 1.54) is 0 Å². The summed E-state index contributed by atoms with van der Waals surface area (Å²) in [5, 5.41) is 15.9. The second-order valence-electron chi connectivity index (χ2n) is 7.23. The van der Waals surface area contributed by atoms with Gasteiger partial charge in [-0.15, -0.1) is 0 Å². The van der Waals surface area contributed by atoms with Crippen molar-refractivity contribution in [1.29, 1.82) is 0 Å². The van der Waals surface area contributed by atoms with Crippen LogP contribution in [0.4, 0.5) is 0 Å². The topological polar surface area (TPSA) is 58.6 Å². The lowest BCUT2D eigenvalue weighted by Gasteiger charge is -2.20. The lowest BCUT2D eigenvalue weighted by molar-refractivity contribution is -0.140. The SMILES string of the molecule is CC(C)C(NCc1c(OCc2ccc(Cl)cc2Cl)ccc2ccccc12)C(=O)O. The van der Waals surface area contributed by atoms with E-state index < -0.39 is 12.0 Å². The maximum absolute atomic E-state index is 11.6. The van der Waals surface area contributed by atoms with Crippen molar-refractivity contribution in [2.45, 2.75) is 33.0 Å². The van der Waals surface area contributed by atoms with Crippen LogP contribution < -0.4 is 10.1 Å². The van der Waals surface area contributed by atoms with Gasteiger partial charge in [0, 0.05) is 27.7 Å². The summed E-state index contributed by atoms with van der Waals surface area (Å²) in [6.07, 6.45) is 0. The zero-order valence-corrected chi connectivity index (χ0v) is 17.8. The van der Waals surface area contributed by atoms with E-state index in [-0.39, 0.29) is 12.5 Å². The lowest BCUT2D eigenvalue weighted by atomic mass is 10.0. The second kappa shape index (κ2) is 9.49. The molecule has 2 N–H and O–H groups in total. The zero-order chi connectivity index (χ0) is 21.0. The van der Waals surface area contributed by atoms with E-state index in [1.54, 1.807) is 12.1 Å². The quantitative estimate of drug-likeness (QED) is 0.464. The standard InChI is InChI=1S/C23H23Cl2NO3/c1-14(2)22(23(27)28)26-12-19-18-6-4-3-5-15(18)8-10-21(19)29-13-16-7-9-17(24)11-20(16)25/h3-11,14,22,26H,12-13H2,1-2H3,(H,27,28). The molecule has 0 aliphatic carbocycles. The molecule has 29 heavy (non-hydrogen) atoms. The number of nitrogens with one attached hydrogen (secondary N) is 1. The van der Waals surface area contributed by atoms with Crippen molar-refractivity contribution in [2.24, 2.45) is 5.92 Å². The van der Waals surface area contributed by atoms with Crippen LogP contribution in [0.15, 0.2) is 54.6 Å². The van der Waals surface area contributed by atoms with Gasteiger partial charge in [0.2, 0.25) is 0 Å². The molecule has 1 atom stereocenters. The molecule has 6 heteroatoms. The van der Waals surface area contributed by atoms with Crippen LogP contribution >= 0.6 is 23.2 Å². The summed E-state index contributed by atoms with van der Waals surface area (Å²) >= 11 is 12.2. The van der Waals surface area contributed by atoms with E-state index in [2.05, 4.69) is 5.32 Å². The normalized spacial score (nSPS) is 12.3. The highest BCUT2D eigenvalue weighted by Crippen LogP contribution is 2.30. The molecule has 0 amide bonds. The summed E-state index contributed by atoms with van der Waals surface area (Å²) < 4.78 is 6.09. The van der Waals surface area contributed by atoms with Crippen molar-refractivity contribution in [3.63, 3.8) is 0 Å². The second-order valence-corrected chi connectivity index (χ2v) is 8.07. The van der Waals surface area contributed by atoms with Crippen LogP contribution in [0.3, 0.4) is 0 Å². The molecule has 0 aromatic heterocycles. The Balaban J connectivity index is 1.90. The third-order valence-corrected chi connectivity index (χ3v) is 5.41. The molecule has 1 unspecified atom stereocenters. The van der Waals surface area contributed by atoms with Crippen molar-refractivity contribution in [3.8, 4) is 5.75 Å². The molecule has 0 aliphatic heterocycles. The van der Waals surface area contributed by atoms with Crippen LogP contribution in [0, 0.1) is 5.92 Å². The van der Waals surface area contributed by atoms with Gasteiger partial charge in [0.15, 0.2) is 0 Å². The maximum Gasteiger partial charge on any atom is 0.320 e. The number of ether oxygens (including phenoxy) is 1. The number of aliphatic carboxylic acids is 1. The number of hydrogen-bond donors (Lipinski definition) is 2. The fourth-order valence-electron chi connectivity index (χ4n) is 3.25. The Morgan fingerprint density at radius 1 is 1.10 bits per heavy atom. The molecular formula is C23H23Cl2NO3. The molecule has 0 saturated carbocycles. The van der Waals surface area contributed by atoms with Crippen LogP contribution in [0.1, 0.15) is 25.0 Å². The summed E-state index contributed by atoms with van der Waals surface area (Å²) in [6.45, 7) is 4.43. The van der Waals surface area contributed by atoms with E-state index >= 15 is 0 Å². The first kappa shape index (κ1) is 21.4. The summed E-state index contributed by atoms with van der Waals surface area (Å²) in [6, 6.07) is 16.5. The lowest BCUT2D eigenvalue weighted by Crippen LogP contribution is -2.40. The Labute approximate surface area is 180 Å². The van der Waals surface area contributed by atoms with Crippen molar-refractivity contribution in [3.05, 3.63) is 75.8 Å². The molecule has 0 radical (unpaired) electrons. The van der Waals surface area contributed by atoms with E-state index in [0.29, 0.717) is 22.3 Å². The summed E-state index contributed by atoms with van der Waals surface area (Å²) in [7, 11) is 0. The minimum Gasteiger partial charge on any atom is -0.488 e. The maximum atomic E-state index is 11.6. The third-order valence-electron chi connectivity index (χ3n) is 4.83. The molecule has 0 aliphatic rings. The third kappa shape index (κ3) is 5.21. The first-order chi connectivity index (χ1) is 13.9. The van der Waals surface area contributed by atoms with Gasteiger partial charge in [-0.05, 0) is 34.9 Å². The number of carboxylic acids is 1. The number of benzene rings is 3. The Morgan fingerprint density at radius 3 is 2.55 bits per heavy atom. The fraction of sp³-hybridized carbons (Fsp3) is 0.261. The minimum atomic E-state index is -0.865. The highest BCUT2D eigenvalue weighted by atomic mass is 35.5. The molecule has 3 aromatic carbocycles. The van der Waals surface area contributed by atoms with Gasteiger partial charge in [-0.2, -0.15) is 0 Å². The molecule has 0 heterocycles. The average molecular weight is 432 g/mol. The smallest absolute Gasteiger partial charge is 0.320 e. The highest BCUT2D eigenvalue weighted by Gasteiger charge is 2.21. The van der Waals surface area contributed by atoms with Crippen LogP contribution in [0.2, 0.25) is 10.0 Å². The first-order valence-electron chi connectivity index (χ1n) is 9.40. The molecule has 0 saturated heterocycles. The first-order valence-corrected chi connectivity index (χ1v) is 10.2. The van der Waals surface area contributed by atoms with Gasteiger partial charge in [-0.25, -0.2) is 0 Å². The number of fused-ring (bicyclic) bond motifs is 1. The number of carboxylic acid groups (broad SMARTS) is 1. The van der Waals surface area contributed by atoms with E-state index in [9.17, 15) is 9.90 Å². The van der Waals surface area contributed by atoms with Gasteiger partial charge in [0.05, 0.1) is 0 Å². The van der Waals surface area contributed by atoms with Crippen LogP contribution in [0.25, 0.3) is 10.8 Å². The average Bonchev–Trinajstić information content (AvgIpc) is 2.67. The van der Waals surface area contributed by atoms with E-state index in [1.807, 2.05) is 56.3 Å². The number of rotatable bonds is 8. The summed E-state index contributed by atoms with van der Waals surface area (Å²) in [5.74, 6) is -0.217. The van der Waals surface area contributed by atoms with Crippen LogP contribution in [0.5, 0.6) is 5.75 Å². The minimum absolute atomic E-state index is 0.0419. The van der Waals surface area contributed by atoms with Gasteiger partial charge in [0.1, 0.15) is 18.4 Å². The number of hydrogen-bond acceptors (Lipinski definition) is 3. The van der Waals surface area contributed by atoms with Crippen molar-refractivity contribution in [1.82, 2.24) is 5.32 Å². The number of halogens is 2. The molecule has 3 rings (SSSR count). The van der Waals surface area contributed by atoms with E-state index in [4.69, 9.17) is 27.9 Å². The summed E-state index contributed by atoms with van der Waals surface area (Å²) in [4.78, 5) is 11.6. The Bertz CT molecular complexity index is 1020. The molecule has 3 aromatic rings. The van der Waals surface area contributed by atoms with Gasteiger partial charge >= 0.3 is 5.97 Å². The van der Waals surface area contributed by atoms with Crippen LogP contribution in [-0.2, 0) is 17.9 Å². The fourth-order valence-corrected chi connectivity index (χ4v) is 3.71. The molecular weight excluding hydrogens is 409 g/mol. The van der Waals surface area contributed by atoms with Crippen molar-refractivity contribution < 1.29 is 14.6 Å². The molecule has 0 spiro atoms. The largest absolute Gasteiger partial charge is 0.488 e. The van der Waals surface area contributed by atoms with Crippen molar-refractivity contribution in [2.75, 3.05) is 0 Å². The Kier molecular flexibility index (Phi) is 7.01. The van der Waals surface area contributed by atoms with Crippen LogP contribution in [-0.4, -0.2) is 17.1 Å². The summed E-state index contributed by atoms with van der Waals surface area (Å²) in [5.41, 5.74) is 1.74. The molecule has 4 nitrogen and oxygen atoms in total. The zero-order valence-electron chi connectivity index (χ0n) is 16.3. The van der Waals surface area contributed by atoms with Gasteiger partial charge in [-0.1, -0.05) is 73.4 Å².